The highest BCUT2D eigenvalue weighted by atomic mass is 14.3. The predicted molar refractivity (Wildman–Crippen MR) is 75.9 cm³/mol. The van der Waals surface area contributed by atoms with Gasteiger partial charge < -0.3 is 0 Å². The van der Waals surface area contributed by atoms with Crippen LogP contribution in [0.25, 0.3) is 0 Å². The molecule has 92 valence electrons. The molecule has 0 heterocycles. The maximum absolute atomic E-state index is 4.10. The van der Waals surface area contributed by atoms with Gasteiger partial charge in [-0.15, -0.1) is 0 Å². The molecule has 2 unspecified atom stereocenters. The Hall–Kier alpha value is -1.04. The minimum atomic E-state index is 0.653. The van der Waals surface area contributed by atoms with Crippen LogP contribution < -0.4 is 0 Å². The molecular formula is C17H24. The van der Waals surface area contributed by atoms with Crippen molar-refractivity contribution in [2.24, 2.45) is 11.8 Å². The molecule has 0 aromatic carbocycles. The number of allylic oxidation sites excluding steroid dienone is 7. The Morgan fingerprint density at radius 3 is 2.76 bits per heavy atom. The molecule has 0 spiro atoms. The molecule has 0 aliphatic heterocycles. The highest BCUT2D eigenvalue weighted by Gasteiger charge is 2.25. The van der Waals surface area contributed by atoms with Crippen LogP contribution in [0.15, 0.2) is 47.1 Å². The monoisotopic (exact) mass is 228 g/mol. The van der Waals surface area contributed by atoms with E-state index in [-0.39, 0.29) is 0 Å². The van der Waals surface area contributed by atoms with Crippen molar-refractivity contribution < 1.29 is 0 Å². The summed E-state index contributed by atoms with van der Waals surface area (Å²) in [5, 5.41) is 0. The van der Waals surface area contributed by atoms with E-state index in [9.17, 15) is 0 Å². The van der Waals surface area contributed by atoms with Crippen LogP contribution >= 0.6 is 0 Å². The lowest BCUT2D eigenvalue weighted by molar-refractivity contribution is 0.412. The van der Waals surface area contributed by atoms with Crippen molar-refractivity contribution in [3.8, 4) is 0 Å². The molecule has 2 aliphatic carbocycles. The normalized spacial score (nSPS) is 29.2. The highest BCUT2D eigenvalue weighted by molar-refractivity contribution is 5.37. The summed E-state index contributed by atoms with van der Waals surface area (Å²) in [6.45, 7) is 10.9. The Morgan fingerprint density at radius 2 is 2.12 bits per heavy atom. The van der Waals surface area contributed by atoms with E-state index in [2.05, 4.69) is 45.6 Å². The Balaban J connectivity index is 2.32. The molecule has 2 atom stereocenters. The standard InChI is InChI=1S/C17H24/c1-12(2)15-10-9-14(4)17(11-15)16-8-6-5-7-13(16)3/h5,7,11,14,17H,1,6,8-10H2,2-4H3. The first kappa shape index (κ1) is 12.4. The average Bonchev–Trinajstić information content (AvgIpc) is 2.30. The lowest BCUT2D eigenvalue weighted by atomic mass is 9.73. The second kappa shape index (κ2) is 5.08. The summed E-state index contributed by atoms with van der Waals surface area (Å²) >= 11 is 0. The van der Waals surface area contributed by atoms with Gasteiger partial charge in [0.25, 0.3) is 0 Å². The van der Waals surface area contributed by atoms with Gasteiger partial charge in [-0.2, -0.15) is 0 Å². The fourth-order valence-corrected chi connectivity index (χ4v) is 3.06. The molecule has 0 aromatic rings. The van der Waals surface area contributed by atoms with E-state index in [0.717, 1.165) is 5.92 Å². The molecule has 0 saturated carbocycles. The smallest absolute Gasteiger partial charge is 0.00142 e. The van der Waals surface area contributed by atoms with Gasteiger partial charge in [-0.3, -0.25) is 0 Å². The second-order valence-corrected chi connectivity index (χ2v) is 5.66. The summed E-state index contributed by atoms with van der Waals surface area (Å²) in [6.07, 6.45) is 12.1. The summed E-state index contributed by atoms with van der Waals surface area (Å²) < 4.78 is 0. The third-order valence-corrected chi connectivity index (χ3v) is 4.27. The molecule has 0 N–H and O–H groups in total. The summed E-state index contributed by atoms with van der Waals surface area (Å²) in [4.78, 5) is 0. The minimum absolute atomic E-state index is 0.653. The van der Waals surface area contributed by atoms with Gasteiger partial charge in [-0.05, 0) is 51.0 Å². The summed E-state index contributed by atoms with van der Waals surface area (Å²) in [6, 6.07) is 0. The molecule has 2 rings (SSSR count). The van der Waals surface area contributed by atoms with Crippen LogP contribution in [0, 0.1) is 11.8 Å². The fraction of sp³-hybridized carbons (Fsp3) is 0.529. The van der Waals surface area contributed by atoms with Gasteiger partial charge in [0.1, 0.15) is 0 Å². The number of hydrogen-bond acceptors (Lipinski definition) is 0. The zero-order valence-electron chi connectivity index (χ0n) is 11.4. The topological polar surface area (TPSA) is 0 Å². The first-order valence-electron chi connectivity index (χ1n) is 6.82. The maximum atomic E-state index is 4.10. The van der Waals surface area contributed by atoms with E-state index < -0.39 is 0 Å². The summed E-state index contributed by atoms with van der Waals surface area (Å²) in [5.74, 6) is 1.44. The molecule has 0 saturated heterocycles. The quantitative estimate of drug-likeness (QED) is 0.609. The van der Waals surface area contributed by atoms with Crippen LogP contribution in [-0.4, -0.2) is 0 Å². The van der Waals surface area contributed by atoms with Gasteiger partial charge in [0.15, 0.2) is 0 Å². The molecule has 0 heteroatoms. The third-order valence-electron chi connectivity index (χ3n) is 4.27. The summed E-state index contributed by atoms with van der Waals surface area (Å²) in [7, 11) is 0. The number of rotatable bonds is 2. The van der Waals surface area contributed by atoms with Crippen molar-refractivity contribution in [2.75, 3.05) is 0 Å². The average molecular weight is 228 g/mol. The van der Waals surface area contributed by atoms with E-state index in [1.165, 1.54) is 42.4 Å². The van der Waals surface area contributed by atoms with E-state index in [4.69, 9.17) is 0 Å². The Kier molecular flexibility index (Phi) is 3.71. The van der Waals surface area contributed by atoms with E-state index >= 15 is 0 Å². The predicted octanol–water partition coefficient (Wildman–Crippen LogP) is 5.20. The Morgan fingerprint density at radius 1 is 1.35 bits per heavy atom. The fourth-order valence-electron chi connectivity index (χ4n) is 3.06. The van der Waals surface area contributed by atoms with E-state index in [1.54, 1.807) is 5.57 Å². The van der Waals surface area contributed by atoms with E-state index in [1.807, 2.05) is 0 Å². The largest absolute Gasteiger partial charge is 0.0958 e. The van der Waals surface area contributed by atoms with Crippen molar-refractivity contribution in [1.82, 2.24) is 0 Å². The zero-order chi connectivity index (χ0) is 12.4. The first-order valence-corrected chi connectivity index (χ1v) is 6.82. The van der Waals surface area contributed by atoms with Crippen molar-refractivity contribution in [3.63, 3.8) is 0 Å². The van der Waals surface area contributed by atoms with Crippen LogP contribution in [0.1, 0.15) is 46.5 Å². The van der Waals surface area contributed by atoms with Crippen LogP contribution in [0.2, 0.25) is 0 Å². The van der Waals surface area contributed by atoms with Gasteiger partial charge >= 0.3 is 0 Å². The highest BCUT2D eigenvalue weighted by Crippen LogP contribution is 2.39. The molecule has 0 fully saturated rings. The van der Waals surface area contributed by atoms with E-state index in [0.29, 0.717) is 5.92 Å². The molecular weight excluding hydrogens is 204 g/mol. The van der Waals surface area contributed by atoms with Gasteiger partial charge in [0.05, 0.1) is 0 Å². The number of hydrogen-bond donors (Lipinski definition) is 0. The molecule has 0 nitrogen and oxygen atoms in total. The molecule has 0 radical (unpaired) electrons. The second-order valence-electron chi connectivity index (χ2n) is 5.66. The van der Waals surface area contributed by atoms with Crippen LogP contribution in [0.4, 0.5) is 0 Å². The Labute approximate surface area is 106 Å². The first-order chi connectivity index (χ1) is 8.09. The van der Waals surface area contributed by atoms with Crippen molar-refractivity contribution in [3.05, 3.63) is 47.1 Å². The molecule has 17 heavy (non-hydrogen) atoms. The maximum Gasteiger partial charge on any atom is 0.00142 e. The molecule has 0 amide bonds. The van der Waals surface area contributed by atoms with Gasteiger partial charge in [-0.1, -0.05) is 48.5 Å². The molecule has 0 bridgehead atoms. The Bertz CT molecular complexity index is 404. The summed E-state index contributed by atoms with van der Waals surface area (Å²) in [5.41, 5.74) is 5.90. The minimum Gasteiger partial charge on any atom is -0.0958 e. The molecule has 0 aromatic heterocycles. The van der Waals surface area contributed by atoms with Gasteiger partial charge in [0.2, 0.25) is 0 Å². The molecule has 2 aliphatic rings. The van der Waals surface area contributed by atoms with Gasteiger partial charge in [0, 0.05) is 5.92 Å². The van der Waals surface area contributed by atoms with Crippen LogP contribution in [0.5, 0.6) is 0 Å². The third kappa shape index (κ3) is 2.62. The van der Waals surface area contributed by atoms with Gasteiger partial charge in [-0.25, -0.2) is 0 Å². The lowest BCUT2D eigenvalue weighted by Gasteiger charge is -2.32. The van der Waals surface area contributed by atoms with Crippen molar-refractivity contribution >= 4 is 0 Å². The van der Waals surface area contributed by atoms with Crippen LogP contribution in [-0.2, 0) is 0 Å². The van der Waals surface area contributed by atoms with Crippen LogP contribution in [0.3, 0.4) is 0 Å². The van der Waals surface area contributed by atoms with Crippen molar-refractivity contribution in [1.29, 1.82) is 0 Å². The SMILES string of the molecule is C=C(C)C1=CC(C2=C(C)C=CCC2)C(C)CC1. The van der Waals surface area contributed by atoms with Crippen molar-refractivity contribution in [2.45, 2.75) is 46.5 Å². The lowest BCUT2D eigenvalue weighted by Crippen LogP contribution is -2.19. The zero-order valence-corrected chi connectivity index (χ0v) is 11.4.